The van der Waals surface area contributed by atoms with E-state index >= 15 is 0 Å². The van der Waals surface area contributed by atoms with E-state index in [0.29, 0.717) is 5.69 Å². The van der Waals surface area contributed by atoms with Gasteiger partial charge in [0.15, 0.2) is 0 Å². The number of anilines is 2. The lowest BCUT2D eigenvalue weighted by Gasteiger charge is -2.09. The van der Waals surface area contributed by atoms with Crippen molar-refractivity contribution in [3.63, 3.8) is 0 Å². The number of benzene rings is 3. The SMILES string of the molecule is O=C(CSCC(=O)Nc1cccc2ccccc12)Nc1ccc(OC(F)F)cc1. The second-order valence-corrected chi connectivity index (χ2v) is 7.00. The number of carbonyl (C=O) groups excluding carboxylic acids is 2. The fraction of sp³-hybridized carbons (Fsp3) is 0.143. The fourth-order valence-corrected chi connectivity index (χ4v) is 3.29. The van der Waals surface area contributed by atoms with Crippen molar-refractivity contribution < 1.29 is 23.1 Å². The number of halogens is 2. The molecule has 0 aliphatic heterocycles. The van der Waals surface area contributed by atoms with Gasteiger partial charge in [0.1, 0.15) is 5.75 Å². The Balaban J connectivity index is 1.44. The summed E-state index contributed by atoms with van der Waals surface area (Å²) >= 11 is 1.18. The summed E-state index contributed by atoms with van der Waals surface area (Å²) in [4.78, 5) is 24.2. The number of alkyl halides is 2. The first kappa shape index (κ1) is 20.6. The summed E-state index contributed by atoms with van der Waals surface area (Å²) in [6.07, 6.45) is 0. The standard InChI is InChI=1S/C21H18F2N2O3S/c22-21(23)28-16-10-8-15(9-11-16)24-19(26)12-29-13-20(27)25-18-7-3-5-14-4-1-2-6-17(14)18/h1-11,21H,12-13H2,(H,24,26)(H,25,27). The Bertz CT molecular complexity index is 991. The van der Waals surface area contributed by atoms with Gasteiger partial charge < -0.3 is 15.4 Å². The van der Waals surface area contributed by atoms with Crippen LogP contribution in [-0.4, -0.2) is 29.9 Å². The fourth-order valence-electron chi connectivity index (χ4n) is 2.67. The van der Waals surface area contributed by atoms with Crippen molar-refractivity contribution >= 4 is 45.7 Å². The molecule has 2 amide bonds. The van der Waals surface area contributed by atoms with E-state index in [1.165, 1.54) is 36.0 Å². The van der Waals surface area contributed by atoms with Crippen LogP contribution in [0.4, 0.5) is 20.2 Å². The molecule has 8 heteroatoms. The Morgan fingerprint density at radius 2 is 1.52 bits per heavy atom. The third-order valence-corrected chi connectivity index (χ3v) is 4.83. The normalized spacial score (nSPS) is 10.7. The van der Waals surface area contributed by atoms with E-state index in [4.69, 9.17) is 0 Å². The van der Waals surface area contributed by atoms with Gasteiger partial charge in [-0.3, -0.25) is 9.59 Å². The van der Waals surface area contributed by atoms with Gasteiger partial charge in [0.2, 0.25) is 11.8 Å². The van der Waals surface area contributed by atoms with Gasteiger partial charge in [-0.15, -0.1) is 11.8 Å². The highest BCUT2D eigenvalue weighted by atomic mass is 32.2. The van der Waals surface area contributed by atoms with Crippen molar-refractivity contribution in [1.29, 1.82) is 0 Å². The molecule has 3 rings (SSSR count). The average Bonchev–Trinajstić information content (AvgIpc) is 2.69. The Morgan fingerprint density at radius 1 is 0.862 bits per heavy atom. The molecule has 3 aromatic rings. The number of thioether (sulfide) groups is 1. The lowest BCUT2D eigenvalue weighted by molar-refractivity contribution is -0.114. The summed E-state index contributed by atoms with van der Waals surface area (Å²) in [6, 6.07) is 19.0. The van der Waals surface area contributed by atoms with E-state index in [0.717, 1.165) is 16.5 Å². The highest BCUT2D eigenvalue weighted by Gasteiger charge is 2.09. The molecule has 5 nitrogen and oxygen atoms in total. The van der Waals surface area contributed by atoms with Crippen molar-refractivity contribution in [1.82, 2.24) is 0 Å². The van der Waals surface area contributed by atoms with E-state index in [1.807, 2.05) is 42.5 Å². The number of ether oxygens (including phenoxy) is 1. The number of carbonyl (C=O) groups is 2. The highest BCUT2D eigenvalue weighted by molar-refractivity contribution is 8.00. The van der Waals surface area contributed by atoms with Gasteiger partial charge in [-0.25, -0.2) is 0 Å². The molecule has 0 radical (unpaired) electrons. The van der Waals surface area contributed by atoms with Gasteiger partial charge in [-0.1, -0.05) is 36.4 Å². The van der Waals surface area contributed by atoms with Crippen LogP contribution in [0.3, 0.4) is 0 Å². The van der Waals surface area contributed by atoms with Crippen molar-refractivity contribution in [3.05, 3.63) is 66.7 Å². The highest BCUT2D eigenvalue weighted by Crippen LogP contribution is 2.23. The molecule has 0 spiro atoms. The van der Waals surface area contributed by atoms with Crippen LogP contribution < -0.4 is 15.4 Å². The van der Waals surface area contributed by atoms with Gasteiger partial charge in [0.25, 0.3) is 0 Å². The van der Waals surface area contributed by atoms with Crippen LogP contribution in [0.5, 0.6) is 5.75 Å². The van der Waals surface area contributed by atoms with Gasteiger partial charge in [-0.2, -0.15) is 8.78 Å². The molecule has 0 atom stereocenters. The molecule has 0 heterocycles. The maximum atomic E-state index is 12.2. The molecular weight excluding hydrogens is 398 g/mol. The zero-order valence-corrected chi connectivity index (χ0v) is 16.0. The van der Waals surface area contributed by atoms with E-state index in [2.05, 4.69) is 15.4 Å². The number of rotatable bonds is 8. The van der Waals surface area contributed by atoms with Crippen LogP contribution in [0.15, 0.2) is 66.7 Å². The van der Waals surface area contributed by atoms with Crippen LogP contribution in [0.1, 0.15) is 0 Å². The van der Waals surface area contributed by atoms with Crippen LogP contribution in [0.2, 0.25) is 0 Å². The van der Waals surface area contributed by atoms with Crippen LogP contribution in [-0.2, 0) is 9.59 Å². The molecule has 0 bridgehead atoms. The summed E-state index contributed by atoms with van der Waals surface area (Å²) < 4.78 is 28.5. The Kier molecular flexibility index (Phi) is 7.02. The molecule has 0 fully saturated rings. The van der Waals surface area contributed by atoms with Gasteiger partial charge in [-0.05, 0) is 35.7 Å². The minimum absolute atomic E-state index is 0.0116. The average molecular weight is 416 g/mol. The van der Waals surface area contributed by atoms with Crippen molar-refractivity contribution in [2.75, 3.05) is 22.1 Å². The maximum Gasteiger partial charge on any atom is 0.387 e. The minimum Gasteiger partial charge on any atom is -0.435 e. The summed E-state index contributed by atoms with van der Waals surface area (Å²) in [6.45, 7) is -2.90. The van der Waals surface area contributed by atoms with Crippen molar-refractivity contribution in [2.45, 2.75) is 6.61 Å². The largest absolute Gasteiger partial charge is 0.435 e. The van der Waals surface area contributed by atoms with Crippen LogP contribution in [0.25, 0.3) is 10.8 Å². The molecule has 150 valence electrons. The first-order valence-corrected chi connectivity index (χ1v) is 9.87. The number of fused-ring (bicyclic) bond motifs is 1. The predicted octanol–water partition coefficient (Wildman–Crippen LogP) is 4.75. The van der Waals surface area contributed by atoms with Crippen LogP contribution in [0, 0.1) is 0 Å². The van der Waals surface area contributed by atoms with E-state index in [9.17, 15) is 18.4 Å². The summed E-state index contributed by atoms with van der Waals surface area (Å²) in [7, 11) is 0. The Morgan fingerprint density at radius 3 is 2.24 bits per heavy atom. The molecule has 0 saturated heterocycles. The quantitative estimate of drug-likeness (QED) is 0.556. The monoisotopic (exact) mass is 416 g/mol. The first-order valence-electron chi connectivity index (χ1n) is 8.71. The molecule has 0 aliphatic rings. The lowest BCUT2D eigenvalue weighted by atomic mass is 10.1. The van der Waals surface area contributed by atoms with Gasteiger partial charge >= 0.3 is 6.61 Å². The Hall–Kier alpha value is -3.13. The molecule has 3 aromatic carbocycles. The number of hydrogen-bond acceptors (Lipinski definition) is 4. The predicted molar refractivity (Wildman–Crippen MR) is 112 cm³/mol. The molecule has 29 heavy (non-hydrogen) atoms. The second kappa shape index (κ2) is 9.88. The molecule has 0 unspecified atom stereocenters. The smallest absolute Gasteiger partial charge is 0.387 e. The lowest BCUT2D eigenvalue weighted by Crippen LogP contribution is -2.18. The summed E-state index contributed by atoms with van der Waals surface area (Å²) in [5.74, 6) is -0.281. The molecular formula is C21H18F2N2O3S. The maximum absolute atomic E-state index is 12.2. The zero-order valence-electron chi connectivity index (χ0n) is 15.2. The molecule has 0 aliphatic carbocycles. The van der Waals surface area contributed by atoms with Crippen molar-refractivity contribution in [3.8, 4) is 5.75 Å². The topological polar surface area (TPSA) is 67.4 Å². The molecule has 0 saturated carbocycles. The number of hydrogen-bond donors (Lipinski definition) is 2. The Labute approximate surface area is 170 Å². The zero-order chi connectivity index (χ0) is 20.6. The van der Waals surface area contributed by atoms with E-state index < -0.39 is 6.61 Å². The summed E-state index contributed by atoms with van der Waals surface area (Å²) in [5, 5.41) is 7.48. The third kappa shape index (κ3) is 6.18. The second-order valence-electron chi connectivity index (χ2n) is 6.02. The van der Waals surface area contributed by atoms with E-state index in [1.54, 1.807) is 0 Å². The van der Waals surface area contributed by atoms with Crippen molar-refractivity contribution in [2.24, 2.45) is 0 Å². The number of nitrogens with one attached hydrogen (secondary N) is 2. The number of amides is 2. The van der Waals surface area contributed by atoms with Gasteiger partial charge in [0, 0.05) is 16.8 Å². The molecule has 2 N–H and O–H groups in total. The third-order valence-electron chi connectivity index (χ3n) is 3.89. The molecule has 0 aromatic heterocycles. The van der Waals surface area contributed by atoms with E-state index in [-0.39, 0.29) is 29.1 Å². The summed E-state index contributed by atoms with van der Waals surface area (Å²) in [5.41, 5.74) is 1.18. The van der Waals surface area contributed by atoms with Gasteiger partial charge in [0.05, 0.1) is 11.5 Å². The minimum atomic E-state index is -2.90. The first-order chi connectivity index (χ1) is 14.0. The van der Waals surface area contributed by atoms with Crippen LogP contribution >= 0.6 is 11.8 Å².